The molecule has 0 aliphatic carbocycles. The van der Waals surface area contributed by atoms with Crippen LogP contribution < -0.4 is 5.32 Å². The lowest BCUT2D eigenvalue weighted by Crippen LogP contribution is -2.28. The molecule has 0 fully saturated rings. The van der Waals surface area contributed by atoms with Crippen LogP contribution >= 0.6 is 0 Å². The number of aromatic nitrogens is 3. The van der Waals surface area contributed by atoms with Crippen molar-refractivity contribution in [1.82, 2.24) is 20.3 Å². The molecule has 0 saturated carbocycles. The Kier molecular flexibility index (Phi) is 4.20. The van der Waals surface area contributed by atoms with Gasteiger partial charge in [-0.2, -0.15) is 13.2 Å². The van der Waals surface area contributed by atoms with Crippen molar-refractivity contribution in [2.45, 2.75) is 12.7 Å². The Morgan fingerprint density at radius 1 is 1.33 bits per heavy atom. The van der Waals surface area contributed by atoms with Crippen LogP contribution in [-0.2, 0) is 12.7 Å². The fourth-order valence-electron chi connectivity index (χ4n) is 1.61. The summed E-state index contributed by atoms with van der Waals surface area (Å²) in [4.78, 5) is 11.7. The van der Waals surface area contributed by atoms with Gasteiger partial charge >= 0.3 is 6.18 Å². The molecule has 1 amide bonds. The maximum Gasteiger partial charge on any atom is 0.416 e. The van der Waals surface area contributed by atoms with Gasteiger partial charge in [0.05, 0.1) is 23.9 Å². The second-order valence-corrected chi connectivity index (χ2v) is 4.11. The van der Waals surface area contributed by atoms with E-state index in [9.17, 15) is 22.4 Å². The lowest BCUT2D eigenvalue weighted by atomic mass is 10.1. The summed E-state index contributed by atoms with van der Waals surface area (Å²) >= 11 is 0. The van der Waals surface area contributed by atoms with Gasteiger partial charge in [-0.3, -0.25) is 9.48 Å². The average Bonchev–Trinajstić information content (AvgIpc) is 2.91. The molecule has 0 aliphatic heterocycles. The number of hydrogen-bond donors (Lipinski definition) is 1. The van der Waals surface area contributed by atoms with Gasteiger partial charge in [0, 0.05) is 12.7 Å². The Labute approximate surface area is 116 Å². The van der Waals surface area contributed by atoms with Crippen molar-refractivity contribution < 1.29 is 22.4 Å². The van der Waals surface area contributed by atoms with E-state index in [1.54, 1.807) is 6.20 Å². The molecular weight excluding hydrogens is 292 g/mol. The number of alkyl halides is 3. The topological polar surface area (TPSA) is 59.8 Å². The number of nitrogens with zero attached hydrogens (tertiary/aromatic N) is 3. The van der Waals surface area contributed by atoms with E-state index in [4.69, 9.17) is 0 Å². The van der Waals surface area contributed by atoms with Gasteiger partial charge in [0.25, 0.3) is 5.91 Å². The van der Waals surface area contributed by atoms with Crippen molar-refractivity contribution in [1.29, 1.82) is 0 Å². The highest BCUT2D eigenvalue weighted by atomic mass is 19.4. The molecule has 9 heteroatoms. The summed E-state index contributed by atoms with van der Waals surface area (Å²) in [6.07, 6.45) is -1.64. The van der Waals surface area contributed by atoms with Gasteiger partial charge in [-0.15, -0.1) is 5.10 Å². The Balaban J connectivity index is 2.04. The smallest absolute Gasteiger partial charge is 0.350 e. The van der Waals surface area contributed by atoms with Gasteiger partial charge in [-0.1, -0.05) is 5.21 Å². The Morgan fingerprint density at radius 3 is 2.71 bits per heavy atom. The fourth-order valence-corrected chi connectivity index (χ4v) is 1.61. The lowest BCUT2D eigenvalue weighted by molar-refractivity contribution is -0.137. The van der Waals surface area contributed by atoms with Gasteiger partial charge in [0.15, 0.2) is 0 Å². The number of carbonyl (C=O) groups excluding carboxylic acids is 1. The van der Waals surface area contributed by atoms with Gasteiger partial charge in [-0.25, -0.2) is 4.39 Å². The Hall–Kier alpha value is -2.45. The lowest BCUT2D eigenvalue weighted by Gasteiger charge is -2.10. The van der Waals surface area contributed by atoms with E-state index in [2.05, 4.69) is 15.6 Å². The molecule has 2 aromatic rings. The molecule has 0 saturated heterocycles. The molecule has 0 bridgehead atoms. The molecule has 1 aromatic carbocycles. The van der Waals surface area contributed by atoms with E-state index < -0.39 is 29.0 Å². The first kappa shape index (κ1) is 14.9. The first-order valence-corrected chi connectivity index (χ1v) is 5.87. The Bertz CT molecular complexity index is 625. The molecule has 112 valence electrons. The summed E-state index contributed by atoms with van der Waals surface area (Å²) in [5.41, 5.74) is -1.73. The molecule has 2 rings (SSSR count). The molecule has 1 aromatic heterocycles. The average molecular weight is 302 g/mol. The van der Waals surface area contributed by atoms with Crippen molar-refractivity contribution in [3.63, 3.8) is 0 Å². The number of rotatable bonds is 4. The number of benzene rings is 1. The van der Waals surface area contributed by atoms with Crippen LogP contribution in [0.5, 0.6) is 0 Å². The maximum absolute atomic E-state index is 13.5. The molecule has 21 heavy (non-hydrogen) atoms. The summed E-state index contributed by atoms with van der Waals surface area (Å²) in [6, 6.07) is 1.69. The van der Waals surface area contributed by atoms with Crippen LogP contribution in [0.2, 0.25) is 0 Å². The van der Waals surface area contributed by atoms with E-state index in [0.29, 0.717) is 18.2 Å². The molecule has 0 spiro atoms. The van der Waals surface area contributed by atoms with Gasteiger partial charge in [-0.05, 0) is 18.2 Å². The second-order valence-electron chi connectivity index (χ2n) is 4.11. The monoisotopic (exact) mass is 302 g/mol. The highest BCUT2D eigenvalue weighted by Gasteiger charge is 2.31. The molecule has 0 aliphatic rings. The number of carbonyl (C=O) groups is 1. The number of amides is 1. The molecule has 0 atom stereocenters. The normalized spacial score (nSPS) is 11.4. The van der Waals surface area contributed by atoms with Crippen molar-refractivity contribution in [2.24, 2.45) is 0 Å². The molecule has 1 heterocycles. The standard InChI is InChI=1S/C12H10F4N4O/c13-10-2-1-8(12(14,15)16)7-9(10)11(21)17-3-5-20-6-4-18-19-20/h1-2,4,6-7H,3,5H2,(H,17,21). The summed E-state index contributed by atoms with van der Waals surface area (Å²) in [5, 5.41) is 9.51. The fraction of sp³-hybridized carbons (Fsp3) is 0.250. The Morgan fingerprint density at radius 2 is 2.10 bits per heavy atom. The number of nitrogens with one attached hydrogen (secondary N) is 1. The third-order valence-corrected chi connectivity index (χ3v) is 2.64. The number of halogens is 4. The maximum atomic E-state index is 13.5. The number of hydrogen-bond acceptors (Lipinski definition) is 3. The minimum absolute atomic E-state index is 0.0812. The summed E-state index contributed by atoms with van der Waals surface area (Å²) < 4.78 is 52.5. The van der Waals surface area contributed by atoms with E-state index in [1.165, 1.54) is 10.9 Å². The van der Waals surface area contributed by atoms with Crippen molar-refractivity contribution >= 4 is 5.91 Å². The van der Waals surface area contributed by atoms with E-state index in [1.807, 2.05) is 0 Å². The van der Waals surface area contributed by atoms with Crippen molar-refractivity contribution in [3.8, 4) is 0 Å². The zero-order valence-corrected chi connectivity index (χ0v) is 10.6. The SMILES string of the molecule is O=C(NCCn1ccnn1)c1cc(C(F)(F)F)ccc1F. The summed E-state index contributed by atoms with van der Waals surface area (Å²) in [5.74, 6) is -1.93. The molecule has 0 radical (unpaired) electrons. The van der Waals surface area contributed by atoms with E-state index >= 15 is 0 Å². The molecule has 1 N–H and O–H groups in total. The van der Waals surface area contributed by atoms with Crippen LogP contribution in [0.25, 0.3) is 0 Å². The third kappa shape index (κ3) is 3.77. The van der Waals surface area contributed by atoms with Crippen LogP contribution in [-0.4, -0.2) is 27.4 Å². The highest BCUT2D eigenvalue weighted by molar-refractivity contribution is 5.94. The first-order valence-electron chi connectivity index (χ1n) is 5.87. The molecular formula is C12H10F4N4O. The van der Waals surface area contributed by atoms with Gasteiger partial charge in [0.2, 0.25) is 0 Å². The minimum atomic E-state index is -4.64. The van der Waals surface area contributed by atoms with Crippen LogP contribution in [0, 0.1) is 5.82 Å². The van der Waals surface area contributed by atoms with E-state index in [0.717, 1.165) is 0 Å². The van der Waals surface area contributed by atoms with Crippen molar-refractivity contribution in [3.05, 3.63) is 47.5 Å². The molecule has 5 nitrogen and oxygen atoms in total. The molecule has 0 unspecified atom stereocenters. The van der Waals surface area contributed by atoms with Crippen LogP contribution in [0.4, 0.5) is 17.6 Å². The van der Waals surface area contributed by atoms with Gasteiger partial charge in [0.1, 0.15) is 5.82 Å². The van der Waals surface area contributed by atoms with Crippen LogP contribution in [0.1, 0.15) is 15.9 Å². The predicted molar refractivity (Wildman–Crippen MR) is 63.8 cm³/mol. The van der Waals surface area contributed by atoms with Crippen LogP contribution in [0.3, 0.4) is 0 Å². The predicted octanol–water partition coefficient (Wildman–Crippen LogP) is 1.87. The van der Waals surface area contributed by atoms with Crippen LogP contribution in [0.15, 0.2) is 30.6 Å². The van der Waals surface area contributed by atoms with Crippen molar-refractivity contribution in [2.75, 3.05) is 6.54 Å². The zero-order chi connectivity index (χ0) is 15.5. The third-order valence-electron chi connectivity index (χ3n) is 2.64. The summed E-state index contributed by atoms with van der Waals surface area (Å²) in [6.45, 7) is 0.351. The zero-order valence-electron chi connectivity index (χ0n) is 10.6. The largest absolute Gasteiger partial charge is 0.416 e. The highest BCUT2D eigenvalue weighted by Crippen LogP contribution is 2.30. The van der Waals surface area contributed by atoms with E-state index in [-0.39, 0.29) is 13.1 Å². The first-order chi connectivity index (χ1) is 9.88. The minimum Gasteiger partial charge on any atom is -0.350 e. The summed E-state index contributed by atoms with van der Waals surface area (Å²) in [7, 11) is 0. The van der Waals surface area contributed by atoms with Gasteiger partial charge < -0.3 is 5.32 Å². The quantitative estimate of drug-likeness (QED) is 0.877. The second kappa shape index (κ2) is 5.90.